The van der Waals surface area contributed by atoms with E-state index in [-0.39, 0.29) is 5.91 Å². The van der Waals surface area contributed by atoms with Crippen molar-refractivity contribution in [1.29, 1.82) is 0 Å². The van der Waals surface area contributed by atoms with E-state index in [2.05, 4.69) is 15.2 Å². The minimum Gasteiger partial charge on any atom is -0.508 e. The van der Waals surface area contributed by atoms with Crippen LogP contribution >= 0.6 is 11.3 Å². The number of hydrogen-bond acceptors (Lipinski definition) is 5. The molecule has 0 atom stereocenters. The highest BCUT2D eigenvalue weighted by Gasteiger charge is 2.15. The van der Waals surface area contributed by atoms with Crippen LogP contribution in [0.15, 0.2) is 24.4 Å². The molecule has 0 aliphatic carbocycles. The Kier molecular flexibility index (Phi) is 4.40. The second kappa shape index (κ2) is 6.46. The number of benzene rings is 1. The van der Waals surface area contributed by atoms with Crippen LogP contribution in [0.25, 0.3) is 0 Å². The summed E-state index contributed by atoms with van der Waals surface area (Å²) in [5.41, 5.74) is 2.56. The van der Waals surface area contributed by atoms with Crippen molar-refractivity contribution in [2.24, 2.45) is 0 Å². The maximum absolute atomic E-state index is 11.0. The molecular formula is C16H19N3O2S. The summed E-state index contributed by atoms with van der Waals surface area (Å²) in [6, 6.07) is 5.66. The van der Waals surface area contributed by atoms with E-state index >= 15 is 0 Å². The van der Waals surface area contributed by atoms with Crippen LogP contribution in [0.2, 0.25) is 0 Å². The van der Waals surface area contributed by atoms with Crippen molar-refractivity contribution in [3.05, 3.63) is 40.4 Å². The number of phenolic OH excluding ortho intramolecular Hbond substituents is 1. The quantitative estimate of drug-likeness (QED) is 0.912. The number of fused-ring (bicyclic) bond motifs is 1. The highest BCUT2D eigenvalue weighted by atomic mass is 32.1. The van der Waals surface area contributed by atoms with Gasteiger partial charge >= 0.3 is 0 Å². The van der Waals surface area contributed by atoms with E-state index in [0.29, 0.717) is 10.9 Å². The number of thiazole rings is 1. The van der Waals surface area contributed by atoms with Gasteiger partial charge in [-0.15, -0.1) is 11.3 Å². The average molecular weight is 317 g/mol. The maximum atomic E-state index is 11.0. The third-order valence-corrected chi connectivity index (χ3v) is 4.70. The molecule has 0 saturated carbocycles. The summed E-state index contributed by atoms with van der Waals surface area (Å²) in [5, 5.41) is 13.0. The van der Waals surface area contributed by atoms with Crippen LogP contribution in [0.5, 0.6) is 5.75 Å². The summed E-state index contributed by atoms with van der Waals surface area (Å²) in [7, 11) is 0. The van der Waals surface area contributed by atoms with Gasteiger partial charge in [0.15, 0.2) is 5.13 Å². The molecule has 0 bridgehead atoms. The van der Waals surface area contributed by atoms with E-state index in [1.165, 1.54) is 29.4 Å². The van der Waals surface area contributed by atoms with Crippen molar-refractivity contribution in [1.82, 2.24) is 9.88 Å². The Balaban J connectivity index is 1.63. The molecular weight excluding hydrogens is 298 g/mol. The van der Waals surface area contributed by atoms with Gasteiger partial charge in [0.25, 0.3) is 0 Å². The SMILES string of the molecule is CC(=O)Nc1ncc(CN2CCc3ccc(O)cc3CC2)s1. The number of aromatic nitrogens is 1. The van der Waals surface area contributed by atoms with Gasteiger partial charge < -0.3 is 10.4 Å². The number of rotatable bonds is 3. The van der Waals surface area contributed by atoms with Gasteiger partial charge in [-0.1, -0.05) is 6.07 Å². The van der Waals surface area contributed by atoms with Crippen molar-refractivity contribution in [2.75, 3.05) is 18.4 Å². The molecule has 0 fully saturated rings. The first-order valence-electron chi connectivity index (χ1n) is 7.35. The predicted molar refractivity (Wildman–Crippen MR) is 87.2 cm³/mol. The van der Waals surface area contributed by atoms with Gasteiger partial charge in [-0.05, 0) is 36.1 Å². The van der Waals surface area contributed by atoms with Crippen molar-refractivity contribution in [2.45, 2.75) is 26.3 Å². The molecule has 0 radical (unpaired) electrons. The van der Waals surface area contributed by atoms with Crippen molar-refractivity contribution in [3.8, 4) is 5.75 Å². The minimum absolute atomic E-state index is 0.0917. The molecule has 1 aliphatic rings. The molecule has 0 spiro atoms. The first kappa shape index (κ1) is 15.0. The molecule has 6 heteroatoms. The first-order valence-corrected chi connectivity index (χ1v) is 8.17. The molecule has 0 saturated heterocycles. The molecule has 1 aromatic heterocycles. The standard InChI is InChI=1S/C16H19N3O2S/c1-11(20)18-16-17-9-15(22-16)10-19-6-4-12-2-3-14(21)8-13(12)5-7-19/h2-3,8-9,21H,4-7,10H2,1H3,(H,17,18,20). The lowest BCUT2D eigenvalue weighted by atomic mass is 10.0. The second-order valence-electron chi connectivity index (χ2n) is 5.54. The van der Waals surface area contributed by atoms with Gasteiger partial charge in [0.1, 0.15) is 5.75 Å². The molecule has 0 unspecified atom stereocenters. The zero-order valence-corrected chi connectivity index (χ0v) is 13.3. The van der Waals surface area contributed by atoms with Crippen molar-refractivity contribution >= 4 is 22.4 Å². The maximum Gasteiger partial charge on any atom is 0.223 e. The van der Waals surface area contributed by atoms with Crippen molar-refractivity contribution < 1.29 is 9.90 Å². The molecule has 3 rings (SSSR count). The summed E-state index contributed by atoms with van der Waals surface area (Å²) in [6.07, 6.45) is 3.77. The van der Waals surface area contributed by atoms with Crippen molar-refractivity contribution in [3.63, 3.8) is 0 Å². The second-order valence-corrected chi connectivity index (χ2v) is 6.66. The Hall–Kier alpha value is -1.92. The van der Waals surface area contributed by atoms with Gasteiger partial charge in [-0.2, -0.15) is 0 Å². The Morgan fingerprint density at radius 2 is 2.14 bits per heavy atom. The minimum atomic E-state index is -0.0917. The Labute approximate surface area is 133 Å². The number of anilines is 1. The zero-order chi connectivity index (χ0) is 15.5. The highest BCUT2D eigenvalue weighted by Crippen LogP contribution is 2.24. The number of phenols is 1. The monoisotopic (exact) mass is 317 g/mol. The number of carbonyl (C=O) groups is 1. The van der Waals surface area contributed by atoms with E-state index < -0.39 is 0 Å². The van der Waals surface area contributed by atoms with E-state index in [0.717, 1.165) is 37.4 Å². The Bertz CT molecular complexity index is 684. The molecule has 22 heavy (non-hydrogen) atoms. The molecule has 2 N–H and O–H groups in total. The summed E-state index contributed by atoms with van der Waals surface area (Å²) >= 11 is 1.52. The van der Waals surface area contributed by atoms with Crippen LogP contribution < -0.4 is 5.32 Å². The van der Waals surface area contributed by atoms with Crippen LogP contribution in [0, 0.1) is 0 Å². The normalized spacial score (nSPS) is 15.1. The molecule has 1 aromatic carbocycles. The third kappa shape index (κ3) is 3.64. The molecule has 1 amide bonds. The lowest BCUT2D eigenvalue weighted by Gasteiger charge is -2.18. The zero-order valence-electron chi connectivity index (χ0n) is 12.5. The molecule has 5 nitrogen and oxygen atoms in total. The summed E-state index contributed by atoms with van der Waals surface area (Å²) < 4.78 is 0. The number of amides is 1. The summed E-state index contributed by atoms with van der Waals surface area (Å²) in [5.74, 6) is 0.250. The number of nitrogens with zero attached hydrogens (tertiary/aromatic N) is 2. The van der Waals surface area contributed by atoms with Gasteiger partial charge in [0.05, 0.1) is 0 Å². The fraction of sp³-hybridized carbons (Fsp3) is 0.375. The average Bonchev–Trinajstić information content (AvgIpc) is 2.79. The predicted octanol–water partition coefficient (Wildman–Crippen LogP) is 2.41. The molecule has 2 heterocycles. The number of aromatic hydroxyl groups is 1. The van der Waals surface area contributed by atoms with Gasteiger partial charge in [-0.3, -0.25) is 9.69 Å². The molecule has 2 aromatic rings. The third-order valence-electron chi connectivity index (χ3n) is 3.80. The van der Waals surface area contributed by atoms with Crippen LogP contribution in [-0.4, -0.2) is 34.0 Å². The van der Waals surface area contributed by atoms with Gasteiger partial charge in [-0.25, -0.2) is 4.98 Å². The van der Waals surface area contributed by atoms with Crippen LogP contribution in [-0.2, 0) is 24.2 Å². The first-order chi connectivity index (χ1) is 10.6. The van der Waals surface area contributed by atoms with Gasteiger partial charge in [0, 0.05) is 37.6 Å². The molecule has 1 aliphatic heterocycles. The van der Waals surface area contributed by atoms with Crippen LogP contribution in [0.3, 0.4) is 0 Å². The van der Waals surface area contributed by atoms with Gasteiger partial charge in [0.2, 0.25) is 5.91 Å². The lowest BCUT2D eigenvalue weighted by molar-refractivity contribution is -0.114. The lowest BCUT2D eigenvalue weighted by Crippen LogP contribution is -2.25. The smallest absolute Gasteiger partial charge is 0.223 e. The summed E-state index contributed by atoms with van der Waals surface area (Å²) in [6.45, 7) is 4.29. The number of carbonyl (C=O) groups excluding carboxylic acids is 1. The number of nitrogens with one attached hydrogen (secondary N) is 1. The van der Waals surface area contributed by atoms with Crippen LogP contribution in [0.1, 0.15) is 22.9 Å². The Morgan fingerprint density at radius 1 is 1.36 bits per heavy atom. The highest BCUT2D eigenvalue weighted by molar-refractivity contribution is 7.15. The fourth-order valence-electron chi connectivity index (χ4n) is 2.73. The largest absolute Gasteiger partial charge is 0.508 e. The fourth-order valence-corrected chi connectivity index (χ4v) is 3.63. The Morgan fingerprint density at radius 3 is 2.91 bits per heavy atom. The van der Waals surface area contributed by atoms with Crippen LogP contribution in [0.4, 0.5) is 5.13 Å². The summed E-state index contributed by atoms with van der Waals surface area (Å²) in [4.78, 5) is 18.8. The van der Waals surface area contributed by atoms with E-state index in [4.69, 9.17) is 0 Å². The van der Waals surface area contributed by atoms with E-state index in [9.17, 15) is 9.90 Å². The van der Waals surface area contributed by atoms with E-state index in [1.807, 2.05) is 18.3 Å². The topological polar surface area (TPSA) is 65.5 Å². The van der Waals surface area contributed by atoms with E-state index in [1.54, 1.807) is 6.07 Å². The number of hydrogen-bond donors (Lipinski definition) is 2. The molecule has 116 valence electrons.